The number of nitrogens with one attached hydrogen (secondary N) is 2. The third-order valence-corrected chi connectivity index (χ3v) is 3.89. The standard InChI is InChI=1S/C21H21N3O2/c1-26-18-12-10-16(11-13-18)14-15-22-21(25)19-8-5-9-20(24-19)23-17-6-3-2-4-7-17/h2-13H,14-15H2,1H3,(H,22,25)(H,23,24). The number of rotatable bonds is 7. The van der Waals surface area contributed by atoms with Gasteiger partial charge >= 0.3 is 0 Å². The minimum Gasteiger partial charge on any atom is -0.497 e. The smallest absolute Gasteiger partial charge is 0.269 e. The van der Waals surface area contributed by atoms with Gasteiger partial charge in [-0.3, -0.25) is 4.79 Å². The Morgan fingerprint density at radius 1 is 0.962 bits per heavy atom. The summed E-state index contributed by atoms with van der Waals surface area (Å²) in [5, 5.41) is 6.10. The van der Waals surface area contributed by atoms with Crippen LogP contribution < -0.4 is 15.4 Å². The molecular weight excluding hydrogens is 326 g/mol. The Kier molecular flexibility index (Phi) is 5.83. The van der Waals surface area contributed by atoms with Crippen LogP contribution in [0.5, 0.6) is 5.75 Å². The van der Waals surface area contributed by atoms with E-state index in [1.807, 2.05) is 66.7 Å². The van der Waals surface area contributed by atoms with Gasteiger partial charge in [0.2, 0.25) is 0 Å². The zero-order valence-corrected chi connectivity index (χ0v) is 14.6. The summed E-state index contributed by atoms with van der Waals surface area (Å²) in [6.45, 7) is 0.545. The molecule has 5 nitrogen and oxygen atoms in total. The second kappa shape index (κ2) is 8.67. The van der Waals surface area contributed by atoms with E-state index in [1.165, 1.54) is 0 Å². The van der Waals surface area contributed by atoms with Gasteiger partial charge in [-0.1, -0.05) is 36.4 Å². The van der Waals surface area contributed by atoms with Crippen LogP contribution in [-0.2, 0) is 6.42 Å². The van der Waals surface area contributed by atoms with Gasteiger partial charge < -0.3 is 15.4 Å². The number of aromatic nitrogens is 1. The predicted octanol–water partition coefficient (Wildman–Crippen LogP) is 3.81. The van der Waals surface area contributed by atoms with E-state index in [1.54, 1.807) is 13.2 Å². The predicted molar refractivity (Wildman–Crippen MR) is 103 cm³/mol. The van der Waals surface area contributed by atoms with Gasteiger partial charge in [0, 0.05) is 12.2 Å². The molecule has 26 heavy (non-hydrogen) atoms. The lowest BCUT2D eigenvalue weighted by molar-refractivity contribution is 0.0949. The van der Waals surface area contributed by atoms with Crippen molar-refractivity contribution in [2.45, 2.75) is 6.42 Å². The van der Waals surface area contributed by atoms with Crippen LogP contribution in [0.1, 0.15) is 16.1 Å². The molecule has 0 spiro atoms. The maximum atomic E-state index is 12.3. The summed E-state index contributed by atoms with van der Waals surface area (Å²) in [7, 11) is 1.64. The summed E-state index contributed by atoms with van der Waals surface area (Å²) < 4.78 is 5.14. The molecule has 3 rings (SSSR count). The monoisotopic (exact) mass is 347 g/mol. The highest BCUT2D eigenvalue weighted by atomic mass is 16.5. The molecular formula is C21H21N3O2. The molecule has 0 bridgehead atoms. The second-order valence-electron chi connectivity index (χ2n) is 5.75. The van der Waals surface area contributed by atoms with Gasteiger partial charge in [-0.15, -0.1) is 0 Å². The number of para-hydroxylation sites is 1. The van der Waals surface area contributed by atoms with Crippen molar-refractivity contribution in [1.82, 2.24) is 10.3 Å². The van der Waals surface area contributed by atoms with Crippen LogP contribution in [0.4, 0.5) is 11.5 Å². The Bertz CT molecular complexity index is 849. The van der Waals surface area contributed by atoms with Gasteiger partial charge in [0.15, 0.2) is 0 Å². The fourth-order valence-corrected chi connectivity index (χ4v) is 2.50. The number of anilines is 2. The first kappa shape index (κ1) is 17.5. The van der Waals surface area contributed by atoms with Crippen molar-refractivity contribution in [3.05, 3.63) is 84.1 Å². The quantitative estimate of drug-likeness (QED) is 0.682. The van der Waals surface area contributed by atoms with E-state index in [9.17, 15) is 4.79 Å². The Labute approximate surface area is 153 Å². The highest BCUT2D eigenvalue weighted by Gasteiger charge is 2.08. The van der Waals surface area contributed by atoms with Gasteiger partial charge in [0.1, 0.15) is 17.3 Å². The van der Waals surface area contributed by atoms with Crippen LogP contribution >= 0.6 is 0 Å². The number of nitrogens with zero attached hydrogens (tertiary/aromatic N) is 1. The number of carbonyl (C=O) groups excluding carboxylic acids is 1. The molecule has 0 aliphatic heterocycles. The molecule has 1 heterocycles. The molecule has 132 valence electrons. The highest BCUT2D eigenvalue weighted by Crippen LogP contribution is 2.14. The topological polar surface area (TPSA) is 63.2 Å². The first-order valence-corrected chi connectivity index (χ1v) is 8.45. The van der Waals surface area contributed by atoms with Gasteiger partial charge in [0.25, 0.3) is 5.91 Å². The number of ether oxygens (including phenoxy) is 1. The molecule has 0 saturated heterocycles. The van der Waals surface area contributed by atoms with Crippen molar-refractivity contribution in [2.24, 2.45) is 0 Å². The fourth-order valence-electron chi connectivity index (χ4n) is 2.50. The summed E-state index contributed by atoms with van der Waals surface area (Å²) in [6, 6.07) is 22.9. The number of amides is 1. The highest BCUT2D eigenvalue weighted by molar-refractivity contribution is 5.92. The van der Waals surface area contributed by atoms with Crippen molar-refractivity contribution >= 4 is 17.4 Å². The van der Waals surface area contributed by atoms with Crippen LogP contribution in [0.15, 0.2) is 72.8 Å². The molecule has 0 unspecified atom stereocenters. The van der Waals surface area contributed by atoms with Crippen molar-refractivity contribution < 1.29 is 9.53 Å². The van der Waals surface area contributed by atoms with E-state index in [-0.39, 0.29) is 5.91 Å². The molecule has 1 aromatic heterocycles. The maximum Gasteiger partial charge on any atom is 0.269 e. The molecule has 0 radical (unpaired) electrons. The van der Waals surface area contributed by atoms with Gasteiger partial charge in [0.05, 0.1) is 7.11 Å². The summed E-state index contributed by atoms with van der Waals surface area (Å²) in [5.74, 6) is 1.28. The van der Waals surface area contributed by atoms with Crippen molar-refractivity contribution in [3.8, 4) is 5.75 Å². The molecule has 0 fully saturated rings. The van der Waals surface area contributed by atoms with Crippen molar-refractivity contribution in [1.29, 1.82) is 0 Å². The molecule has 0 aliphatic carbocycles. The minimum absolute atomic E-state index is 0.185. The lowest BCUT2D eigenvalue weighted by Crippen LogP contribution is -2.26. The number of carbonyl (C=O) groups is 1. The summed E-state index contributed by atoms with van der Waals surface area (Å²) in [6.07, 6.45) is 0.748. The Balaban J connectivity index is 1.55. The third-order valence-electron chi connectivity index (χ3n) is 3.89. The van der Waals surface area contributed by atoms with Crippen molar-refractivity contribution in [3.63, 3.8) is 0 Å². The van der Waals surface area contributed by atoms with E-state index in [4.69, 9.17) is 4.74 Å². The average Bonchev–Trinajstić information content (AvgIpc) is 2.69. The summed E-state index contributed by atoms with van der Waals surface area (Å²) >= 11 is 0. The molecule has 1 amide bonds. The molecule has 2 aromatic carbocycles. The summed E-state index contributed by atoms with van der Waals surface area (Å²) in [5.41, 5.74) is 2.45. The van der Waals surface area contributed by atoms with Gasteiger partial charge in [-0.2, -0.15) is 0 Å². The first-order valence-electron chi connectivity index (χ1n) is 8.45. The zero-order chi connectivity index (χ0) is 18.2. The van der Waals surface area contributed by atoms with E-state index < -0.39 is 0 Å². The number of pyridine rings is 1. The zero-order valence-electron chi connectivity index (χ0n) is 14.6. The Morgan fingerprint density at radius 2 is 1.73 bits per heavy atom. The van der Waals surface area contributed by atoms with Crippen LogP contribution in [0.3, 0.4) is 0 Å². The Hall–Kier alpha value is -3.34. The summed E-state index contributed by atoms with van der Waals surface area (Å²) in [4.78, 5) is 16.7. The molecule has 0 aliphatic rings. The number of hydrogen-bond donors (Lipinski definition) is 2. The number of hydrogen-bond acceptors (Lipinski definition) is 4. The fraction of sp³-hybridized carbons (Fsp3) is 0.143. The first-order chi connectivity index (χ1) is 12.7. The molecule has 5 heteroatoms. The van der Waals surface area contributed by atoms with Crippen LogP contribution in [-0.4, -0.2) is 24.5 Å². The van der Waals surface area contributed by atoms with Crippen LogP contribution in [0, 0.1) is 0 Å². The van der Waals surface area contributed by atoms with Crippen LogP contribution in [0.25, 0.3) is 0 Å². The normalized spacial score (nSPS) is 10.2. The van der Waals surface area contributed by atoms with Gasteiger partial charge in [-0.05, 0) is 48.4 Å². The molecule has 2 N–H and O–H groups in total. The minimum atomic E-state index is -0.185. The molecule has 0 atom stereocenters. The van der Waals surface area contributed by atoms with Gasteiger partial charge in [-0.25, -0.2) is 4.98 Å². The molecule has 3 aromatic rings. The average molecular weight is 347 g/mol. The third kappa shape index (κ3) is 4.83. The van der Waals surface area contributed by atoms with E-state index >= 15 is 0 Å². The van der Waals surface area contributed by atoms with Crippen LogP contribution in [0.2, 0.25) is 0 Å². The number of methoxy groups -OCH3 is 1. The van der Waals surface area contributed by atoms with E-state index in [0.717, 1.165) is 23.4 Å². The van der Waals surface area contributed by atoms with E-state index in [2.05, 4.69) is 15.6 Å². The SMILES string of the molecule is COc1ccc(CCNC(=O)c2cccc(Nc3ccccc3)n2)cc1. The lowest BCUT2D eigenvalue weighted by Gasteiger charge is -2.08. The maximum absolute atomic E-state index is 12.3. The second-order valence-corrected chi connectivity index (χ2v) is 5.75. The van der Waals surface area contributed by atoms with Crippen molar-refractivity contribution in [2.75, 3.05) is 19.0 Å². The van der Waals surface area contributed by atoms with E-state index in [0.29, 0.717) is 18.1 Å². The number of benzene rings is 2. The largest absolute Gasteiger partial charge is 0.497 e. The Morgan fingerprint density at radius 3 is 2.46 bits per heavy atom. The lowest BCUT2D eigenvalue weighted by atomic mass is 10.1. The molecule has 0 saturated carbocycles.